The Morgan fingerprint density at radius 2 is 1.87 bits per heavy atom. The van der Waals surface area contributed by atoms with Gasteiger partial charge in [-0.2, -0.15) is 5.10 Å². The quantitative estimate of drug-likeness (QED) is 0.664. The number of nitrogens with zero attached hydrogens (tertiary/aromatic N) is 3. The highest BCUT2D eigenvalue weighted by molar-refractivity contribution is 5.81. The van der Waals surface area contributed by atoms with Crippen molar-refractivity contribution >= 4 is 17.9 Å². The van der Waals surface area contributed by atoms with Crippen LogP contribution in [0.5, 0.6) is 0 Å². The predicted octanol–water partition coefficient (Wildman–Crippen LogP) is 3.09. The van der Waals surface area contributed by atoms with Crippen molar-refractivity contribution in [2.75, 3.05) is 6.54 Å². The molecule has 152 valence electrons. The van der Waals surface area contributed by atoms with Gasteiger partial charge in [-0.15, -0.1) is 0 Å². The molecule has 1 atom stereocenters. The number of carbonyl (C=O) groups is 2. The summed E-state index contributed by atoms with van der Waals surface area (Å²) in [6, 6.07) is 17.2. The molecule has 0 spiro atoms. The van der Waals surface area contributed by atoms with Gasteiger partial charge in [-0.05, 0) is 17.2 Å². The van der Waals surface area contributed by atoms with E-state index in [-0.39, 0.29) is 24.3 Å². The normalized spacial score (nSPS) is 15.0. The van der Waals surface area contributed by atoms with Gasteiger partial charge < -0.3 is 10.2 Å². The van der Waals surface area contributed by atoms with Crippen molar-refractivity contribution in [3.8, 4) is 11.4 Å². The lowest BCUT2D eigenvalue weighted by Gasteiger charge is -2.32. The molecule has 4 rings (SSSR count). The maximum atomic E-state index is 12.6. The largest absolute Gasteiger partial charge is 0.356 e. The number of H-pyrrole nitrogens is 1. The minimum absolute atomic E-state index is 0.0892. The van der Waals surface area contributed by atoms with Crippen molar-refractivity contribution in [2.45, 2.75) is 25.8 Å². The van der Waals surface area contributed by atoms with E-state index in [1.165, 1.54) is 6.92 Å². The van der Waals surface area contributed by atoms with Crippen molar-refractivity contribution in [1.29, 1.82) is 0 Å². The smallest absolute Gasteiger partial charge is 0.223 e. The highest BCUT2D eigenvalue weighted by atomic mass is 16.2. The average molecular weight is 401 g/mol. The van der Waals surface area contributed by atoms with Gasteiger partial charge in [-0.3, -0.25) is 14.7 Å². The fraction of sp³-hybridized carbons (Fsp3) is 0.217. The highest BCUT2D eigenvalue weighted by Crippen LogP contribution is 2.32. The summed E-state index contributed by atoms with van der Waals surface area (Å²) in [7, 11) is 0. The molecule has 2 amide bonds. The topological polar surface area (TPSA) is 91.0 Å². The first kappa shape index (κ1) is 19.6. The number of nitrogens with one attached hydrogen (secondary N) is 2. The van der Waals surface area contributed by atoms with Gasteiger partial charge in [0.2, 0.25) is 11.8 Å². The molecule has 2 aromatic carbocycles. The van der Waals surface area contributed by atoms with Crippen LogP contribution < -0.4 is 5.32 Å². The minimum atomic E-state index is -0.307. The van der Waals surface area contributed by atoms with E-state index in [4.69, 9.17) is 0 Å². The molecule has 2 heterocycles. The van der Waals surface area contributed by atoms with Crippen LogP contribution in [0.2, 0.25) is 0 Å². The lowest BCUT2D eigenvalue weighted by Crippen LogP contribution is -2.35. The Balaban J connectivity index is 1.35. The summed E-state index contributed by atoms with van der Waals surface area (Å²) in [5.41, 5.74) is 2.95. The molecule has 3 aromatic rings. The van der Waals surface area contributed by atoms with Gasteiger partial charge in [-0.1, -0.05) is 54.6 Å². The zero-order valence-electron chi connectivity index (χ0n) is 16.7. The van der Waals surface area contributed by atoms with Crippen LogP contribution in [0.3, 0.4) is 0 Å². The van der Waals surface area contributed by atoms with Crippen LogP contribution in [-0.4, -0.2) is 38.4 Å². The van der Waals surface area contributed by atoms with E-state index < -0.39 is 0 Å². The fourth-order valence-corrected chi connectivity index (χ4v) is 3.60. The third kappa shape index (κ3) is 4.30. The number of rotatable bonds is 6. The average Bonchev–Trinajstić information content (AvgIpc) is 3.23. The molecular formula is C23H23N5O2. The summed E-state index contributed by atoms with van der Waals surface area (Å²) in [6.45, 7) is 1.95. The van der Waals surface area contributed by atoms with Gasteiger partial charge in [0, 0.05) is 31.7 Å². The maximum absolute atomic E-state index is 12.6. The molecule has 30 heavy (non-hydrogen) atoms. The van der Waals surface area contributed by atoms with Gasteiger partial charge in [0.05, 0.1) is 12.5 Å². The van der Waals surface area contributed by atoms with E-state index in [0.717, 1.165) is 16.7 Å². The van der Waals surface area contributed by atoms with Gasteiger partial charge in [0.1, 0.15) is 5.82 Å². The predicted molar refractivity (Wildman–Crippen MR) is 114 cm³/mol. The van der Waals surface area contributed by atoms with Gasteiger partial charge >= 0.3 is 0 Å². The van der Waals surface area contributed by atoms with Crippen molar-refractivity contribution in [2.24, 2.45) is 0 Å². The Labute approximate surface area is 174 Å². The van der Waals surface area contributed by atoms with Crippen LogP contribution in [0.4, 0.5) is 0 Å². The molecule has 1 unspecified atom stereocenters. The number of hydrogen-bond donors (Lipinski definition) is 2. The molecule has 0 bridgehead atoms. The van der Waals surface area contributed by atoms with Crippen molar-refractivity contribution < 1.29 is 9.59 Å². The molecule has 0 fully saturated rings. The number of benzene rings is 2. The van der Waals surface area contributed by atoms with E-state index in [1.807, 2.05) is 60.7 Å². The van der Waals surface area contributed by atoms with Gasteiger partial charge in [0.15, 0.2) is 5.82 Å². The zero-order valence-corrected chi connectivity index (χ0v) is 16.7. The molecule has 0 radical (unpaired) electrons. The molecule has 1 aliphatic rings. The van der Waals surface area contributed by atoms with Crippen LogP contribution in [0.1, 0.15) is 36.3 Å². The molecule has 1 aromatic heterocycles. The molecule has 0 saturated heterocycles. The fourth-order valence-electron chi connectivity index (χ4n) is 3.60. The first-order chi connectivity index (χ1) is 14.6. The first-order valence-electron chi connectivity index (χ1n) is 9.91. The Kier molecular flexibility index (Phi) is 5.70. The minimum Gasteiger partial charge on any atom is -0.356 e. The van der Waals surface area contributed by atoms with Crippen LogP contribution in [-0.2, 0) is 16.0 Å². The van der Waals surface area contributed by atoms with Crippen LogP contribution in [0.25, 0.3) is 17.5 Å². The summed E-state index contributed by atoms with van der Waals surface area (Å²) >= 11 is 0. The van der Waals surface area contributed by atoms with Gasteiger partial charge in [0.25, 0.3) is 0 Å². The molecule has 1 aliphatic heterocycles. The summed E-state index contributed by atoms with van der Waals surface area (Å²) in [4.78, 5) is 30.7. The third-order valence-corrected chi connectivity index (χ3v) is 5.10. The Bertz CT molecular complexity index is 1070. The number of fused-ring (bicyclic) bond motifs is 1. The lowest BCUT2D eigenvalue weighted by atomic mass is 9.93. The SMILES string of the molecule is CC(=O)N1C=Cc2ccccc2C1CC(=O)NCCc1nc(-c2ccccc2)n[nH]1. The van der Waals surface area contributed by atoms with Crippen molar-refractivity contribution in [1.82, 2.24) is 25.4 Å². The molecule has 2 N–H and O–H groups in total. The molecule has 7 nitrogen and oxygen atoms in total. The van der Waals surface area contributed by atoms with E-state index in [1.54, 1.807) is 11.1 Å². The number of amides is 2. The third-order valence-electron chi connectivity index (χ3n) is 5.10. The van der Waals surface area contributed by atoms with Crippen LogP contribution >= 0.6 is 0 Å². The van der Waals surface area contributed by atoms with Crippen LogP contribution in [0.15, 0.2) is 60.8 Å². The van der Waals surface area contributed by atoms with E-state index in [2.05, 4.69) is 20.5 Å². The van der Waals surface area contributed by atoms with Crippen molar-refractivity contribution in [3.05, 3.63) is 77.7 Å². The Morgan fingerprint density at radius 3 is 2.67 bits per heavy atom. The van der Waals surface area contributed by atoms with E-state index in [0.29, 0.717) is 24.6 Å². The molecular weight excluding hydrogens is 378 g/mol. The molecule has 0 saturated carbocycles. The second-order valence-electron chi connectivity index (χ2n) is 7.16. The standard InChI is InChI=1S/C23H23N5O2/c1-16(29)28-14-12-17-7-5-6-10-19(17)20(28)15-22(30)24-13-11-21-25-23(27-26-21)18-8-3-2-4-9-18/h2-10,12,14,20H,11,13,15H2,1H3,(H,24,30)(H,25,26,27). The summed E-state index contributed by atoms with van der Waals surface area (Å²) in [5.74, 6) is 1.15. The summed E-state index contributed by atoms with van der Waals surface area (Å²) in [5, 5.41) is 10.1. The number of aromatic nitrogens is 3. The lowest BCUT2D eigenvalue weighted by molar-refractivity contribution is -0.129. The van der Waals surface area contributed by atoms with Gasteiger partial charge in [-0.25, -0.2) is 4.98 Å². The summed E-state index contributed by atoms with van der Waals surface area (Å²) in [6.07, 6.45) is 4.40. The van der Waals surface area contributed by atoms with Crippen LogP contribution in [0, 0.1) is 0 Å². The Hall–Kier alpha value is -3.74. The number of carbonyl (C=O) groups excluding carboxylic acids is 2. The monoisotopic (exact) mass is 401 g/mol. The highest BCUT2D eigenvalue weighted by Gasteiger charge is 2.28. The summed E-state index contributed by atoms with van der Waals surface area (Å²) < 4.78 is 0. The second kappa shape index (κ2) is 8.73. The Morgan fingerprint density at radius 1 is 1.10 bits per heavy atom. The second-order valence-corrected chi connectivity index (χ2v) is 7.16. The van der Waals surface area contributed by atoms with E-state index >= 15 is 0 Å². The molecule has 7 heteroatoms. The number of hydrogen-bond acceptors (Lipinski definition) is 4. The number of aromatic amines is 1. The maximum Gasteiger partial charge on any atom is 0.223 e. The van der Waals surface area contributed by atoms with Crippen molar-refractivity contribution in [3.63, 3.8) is 0 Å². The zero-order chi connectivity index (χ0) is 20.9. The van der Waals surface area contributed by atoms with E-state index in [9.17, 15) is 9.59 Å². The molecule has 0 aliphatic carbocycles. The first-order valence-corrected chi connectivity index (χ1v) is 9.91.